The molecule has 8 nitrogen and oxygen atoms in total. The second-order valence-electron chi connectivity index (χ2n) is 10.8. The van der Waals surface area contributed by atoms with E-state index >= 15 is 0 Å². The standard InChI is InChI=1S/C32H32F4N6O2/c33-31(34)32(35,36)21-44-27-6-3-5-23(16-27)25-15-26(20-40-43)30(39-19-25)42-12-10-41(11-13-42)9-2-1-4-24-18-38-29-8-7-22(17-37)14-28(24)29/h3,5-8,14-16,18-19,31,38H,1-2,4,9-13,20-21H2. The zero-order valence-electron chi connectivity index (χ0n) is 24.0. The molecule has 1 aliphatic heterocycles. The van der Waals surface area contributed by atoms with E-state index < -0.39 is 19.0 Å². The minimum atomic E-state index is -4.26. The van der Waals surface area contributed by atoms with Gasteiger partial charge in [-0.15, -0.1) is 0 Å². The van der Waals surface area contributed by atoms with Gasteiger partial charge in [-0.1, -0.05) is 17.3 Å². The molecule has 0 radical (unpaired) electrons. The summed E-state index contributed by atoms with van der Waals surface area (Å²) in [4.78, 5) is 23.7. The van der Waals surface area contributed by atoms with Crippen molar-refractivity contribution in [3.63, 3.8) is 0 Å². The number of fused-ring (bicyclic) bond motifs is 1. The largest absolute Gasteiger partial charge is 0.487 e. The number of benzene rings is 2. The molecule has 0 aliphatic carbocycles. The maximum atomic E-state index is 13.3. The number of piperazine rings is 1. The second-order valence-corrected chi connectivity index (χ2v) is 10.8. The van der Waals surface area contributed by atoms with Crippen molar-refractivity contribution in [2.24, 2.45) is 5.18 Å². The molecule has 0 unspecified atom stereocenters. The van der Waals surface area contributed by atoms with E-state index in [-0.39, 0.29) is 12.3 Å². The van der Waals surface area contributed by atoms with Gasteiger partial charge in [0.25, 0.3) is 0 Å². The molecule has 0 bridgehead atoms. The Balaban J connectivity index is 1.15. The number of aryl methyl sites for hydroxylation is 1. The van der Waals surface area contributed by atoms with Crippen molar-refractivity contribution >= 4 is 16.7 Å². The smallest absolute Gasteiger partial charge is 0.340 e. The van der Waals surface area contributed by atoms with Gasteiger partial charge in [0.15, 0.2) is 6.61 Å². The fourth-order valence-electron chi connectivity index (χ4n) is 5.43. The zero-order valence-corrected chi connectivity index (χ0v) is 24.0. The average molecular weight is 609 g/mol. The number of aromatic amines is 1. The van der Waals surface area contributed by atoms with Crippen molar-refractivity contribution < 1.29 is 22.3 Å². The van der Waals surface area contributed by atoms with Crippen LogP contribution in [-0.2, 0) is 13.0 Å². The van der Waals surface area contributed by atoms with Gasteiger partial charge in [0, 0.05) is 60.6 Å². The van der Waals surface area contributed by atoms with Crippen LogP contribution in [0, 0.1) is 16.2 Å². The molecule has 0 amide bonds. The first-order chi connectivity index (χ1) is 21.3. The van der Waals surface area contributed by atoms with Gasteiger partial charge in [0.2, 0.25) is 0 Å². The summed E-state index contributed by atoms with van der Waals surface area (Å²) in [6.07, 6.45) is 2.84. The topological polar surface area (TPSA) is 97.6 Å². The number of nitriles is 1. The van der Waals surface area contributed by atoms with Crippen LogP contribution < -0.4 is 9.64 Å². The highest BCUT2D eigenvalue weighted by Gasteiger charge is 2.41. The summed E-state index contributed by atoms with van der Waals surface area (Å²) in [5, 5.41) is 13.4. The van der Waals surface area contributed by atoms with Crippen molar-refractivity contribution in [3.8, 4) is 22.9 Å². The molecule has 1 fully saturated rings. The Labute approximate surface area is 252 Å². The summed E-state index contributed by atoms with van der Waals surface area (Å²) < 4.78 is 56.5. The Morgan fingerprint density at radius 2 is 1.86 bits per heavy atom. The number of nitrogens with one attached hydrogen (secondary N) is 1. The van der Waals surface area contributed by atoms with Crippen LogP contribution in [0.3, 0.4) is 0 Å². The molecule has 1 N–H and O–H groups in total. The maximum absolute atomic E-state index is 13.3. The minimum absolute atomic E-state index is 0.0210. The highest BCUT2D eigenvalue weighted by Crippen LogP contribution is 2.30. The normalized spacial score (nSPS) is 14.2. The number of H-pyrrole nitrogens is 1. The van der Waals surface area contributed by atoms with Crippen LogP contribution in [0.1, 0.15) is 29.5 Å². The van der Waals surface area contributed by atoms with Gasteiger partial charge in [0.1, 0.15) is 18.1 Å². The number of anilines is 1. The van der Waals surface area contributed by atoms with Gasteiger partial charge in [-0.2, -0.15) is 18.9 Å². The van der Waals surface area contributed by atoms with Crippen molar-refractivity contribution in [1.82, 2.24) is 14.9 Å². The first kappa shape index (κ1) is 30.9. The lowest BCUT2D eigenvalue weighted by atomic mass is 10.0. The van der Waals surface area contributed by atoms with E-state index in [0.29, 0.717) is 28.1 Å². The molecular formula is C32H32F4N6O2. The van der Waals surface area contributed by atoms with Gasteiger partial charge in [0.05, 0.1) is 11.6 Å². The molecule has 12 heteroatoms. The number of nitrogens with zero attached hydrogens (tertiary/aromatic N) is 5. The predicted molar refractivity (Wildman–Crippen MR) is 160 cm³/mol. The van der Waals surface area contributed by atoms with Crippen LogP contribution in [-0.4, -0.2) is 66.5 Å². The summed E-state index contributed by atoms with van der Waals surface area (Å²) in [5.74, 6) is -3.56. The third-order valence-corrected chi connectivity index (χ3v) is 7.83. The molecule has 1 aliphatic rings. The van der Waals surface area contributed by atoms with E-state index in [1.54, 1.807) is 24.4 Å². The third kappa shape index (κ3) is 7.34. The number of nitroso groups, excluding NO2 is 1. The average Bonchev–Trinajstić information content (AvgIpc) is 3.44. The second kappa shape index (κ2) is 13.9. The van der Waals surface area contributed by atoms with Crippen LogP contribution in [0.15, 0.2) is 66.1 Å². The van der Waals surface area contributed by atoms with E-state index in [1.165, 1.54) is 17.7 Å². The Kier molecular flexibility index (Phi) is 9.75. The van der Waals surface area contributed by atoms with Gasteiger partial charge in [-0.25, -0.2) is 13.8 Å². The number of ether oxygens (including phenoxy) is 1. The Morgan fingerprint density at radius 3 is 2.61 bits per heavy atom. The van der Waals surface area contributed by atoms with E-state index in [9.17, 15) is 27.7 Å². The SMILES string of the molecule is N#Cc1ccc2[nH]cc(CCCCN3CCN(c4ncc(-c5cccc(OCC(F)(F)C(F)F)c5)cc4CN=O)CC3)c2c1. The highest BCUT2D eigenvalue weighted by atomic mass is 19.3. The molecule has 4 aromatic rings. The van der Waals surface area contributed by atoms with Crippen LogP contribution >= 0.6 is 0 Å². The lowest BCUT2D eigenvalue weighted by Crippen LogP contribution is -2.47. The number of unbranched alkanes of at least 4 members (excludes halogenated alkanes) is 1. The van der Waals surface area contributed by atoms with E-state index in [4.69, 9.17) is 4.74 Å². The Hall–Kier alpha value is -4.50. The number of aromatic nitrogens is 2. The molecule has 44 heavy (non-hydrogen) atoms. The first-order valence-electron chi connectivity index (χ1n) is 14.4. The van der Waals surface area contributed by atoms with Crippen LogP contribution in [0.4, 0.5) is 23.4 Å². The van der Waals surface area contributed by atoms with Gasteiger partial charge in [-0.05, 0) is 73.3 Å². The van der Waals surface area contributed by atoms with Crippen LogP contribution in [0.2, 0.25) is 0 Å². The molecule has 0 saturated carbocycles. The fraction of sp³-hybridized carbons (Fsp3) is 0.375. The summed E-state index contributed by atoms with van der Waals surface area (Å²) in [6, 6.07) is 15.8. The van der Waals surface area contributed by atoms with Crippen molar-refractivity contribution in [2.75, 3.05) is 44.2 Å². The lowest BCUT2D eigenvalue weighted by molar-refractivity contribution is -0.148. The number of rotatable bonds is 13. The maximum Gasteiger partial charge on any atom is 0.340 e. The number of hydrogen-bond donors (Lipinski definition) is 1. The van der Waals surface area contributed by atoms with Crippen LogP contribution in [0.5, 0.6) is 5.75 Å². The number of pyridine rings is 1. The van der Waals surface area contributed by atoms with Crippen molar-refractivity contribution in [3.05, 3.63) is 82.5 Å². The summed E-state index contributed by atoms with van der Waals surface area (Å²) in [5.41, 5.74) is 4.76. The Bertz CT molecular complexity index is 1630. The first-order valence-corrected chi connectivity index (χ1v) is 14.4. The monoisotopic (exact) mass is 608 g/mol. The lowest BCUT2D eigenvalue weighted by Gasteiger charge is -2.36. The molecule has 0 atom stereocenters. The number of hydrogen-bond acceptors (Lipinski definition) is 7. The number of halogens is 4. The summed E-state index contributed by atoms with van der Waals surface area (Å²) in [6.45, 7) is 2.61. The predicted octanol–water partition coefficient (Wildman–Crippen LogP) is 6.79. The zero-order chi connectivity index (χ0) is 31.1. The summed E-state index contributed by atoms with van der Waals surface area (Å²) >= 11 is 0. The molecule has 2 aromatic heterocycles. The van der Waals surface area contributed by atoms with E-state index in [1.807, 2.05) is 24.4 Å². The molecule has 0 spiro atoms. The Morgan fingerprint density at radius 1 is 1.05 bits per heavy atom. The minimum Gasteiger partial charge on any atom is -0.487 e. The van der Waals surface area contributed by atoms with E-state index in [2.05, 4.69) is 31.0 Å². The van der Waals surface area contributed by atoms with Crippen LogP contribution in [0.25, 0.3) is 22.0 Å². The van der Waals surface area contributed by atoms with Crippen molar-refractivity contribution in [2.45, 2.75) is 38.2 Å². The van der Waals surface area contributed by atoms with Gasteiger partial charge >= 0.3 is 12.3 Å². The molecule has 230 valence electrons. The molecular weight excluding hydrogens is 576 g/mol. The van der Waals surface area contributed by atoms with Crippen molar-refractivity contribution in [1.29, 1.82) is 5.26 Å². The molecule has 3 heterocycles. The van der Waals surface area contributed by atoms with Gasteiger partial charge < -0.3 is 14.6 Å². The highest BCUT2D eigenvalue weighted by molar-refractivity contribution is 5.84. The van der Waals surface area contributed by atoms with E-state index in [0.717, 1.165) is 62.9 Å². The summed E-state index contributed by atoms with van der Waals surface area (Å²) in [7, 11) is 0. The molecule has 1 saturated heterocycles. The number of alkyl halides is 4. The molecule has 2 aromatic carbocycles. The molecule has 5 rings (SSSR count). The fourth-order valence-corrected chi connectivity index (χ4v) is 5.43. The third-order valence-electron chi connectivity index (χ3n) is 7.83. The van der Waals surface area contributed by atoms with Gasteiger partial charge in [-0.3, -0.25) is 4.90 Å². The quantitative estimate of drug-likeness (QED) is 0.102.